The monoisotopic (exact) mass is 444 g/mol. The van der Waals surface area contributed by atoms with E-state index in [0.717, 1.165) is 75.6 Å². The molecule has 0 amide bonds. The smallest absolute Gasteiger partial charge is 0.212 e. The van der Waals surface area contributed by atoms with E-state index in [0.29, 0.717) is 19.0 Å². The third kappa shape index (κ3) is 3.95. The Balaban J connectivity index is 1.44. The minimum atomic E-state index is -3.33. The van der Waals surface area contributed by atoms with Crippen molar-refractivity contribution in [1.82, 2.24) is 18.8 Å². The zero-order valence-electron chi connectivity index (χ0n) is 18.2. The number of likely N-dealkylation sites (tertiary alicyclic amines) is 1. The molecule has 7 nitrogen and oxygen atoms in total. The van der Waals surface area contributed by atoms with Crippen LogP contribution in [-0.4, -0.2) is 72.8 Å². The second kappa shape index (κ2) is 8.31. The first-order valence-corrected chi connectivity index (χ1v) is 13.2. The van der Waals surface area contributed by atoms with E-state index in [1.54, 1.807) is 4.31 Å². The molecule has 3 aliphatic rings. The van der Waals surface area contributed by atoms with Crippen LogP contribution in [0.15, 0.2) is 36.5 Å². The Bertz CT molecular complexity index is 1010. The third-order valence-corrected chi connectivity index (χ3v) is 8.62. The van der Waals surface area contributed by atoms with E-state index < -0.39 is 15.6 Å². The van der Waals surface area contributed by atoms with Gasteiger partial charge in [0.15, 0.2) is 0 Å². The lowest BCUT2D eigenvalue weighted by Crippen LogP contribution is -2.59. The van der Waals surface area contributed by atoms with Gasteiger partial charge in [0.05, 0.1) is 23.7 Å². The van der Waals surface area contributed by atoms with Crippen LogP contribution in [0, 0.1) is 5.92 Å². The van der Waals surface area contributed by atoms with Crippen LogP contribution in [0.3, 0.4) is 0 Å². The first kappa shape index (κ1) is 21.1. The largest absolute Gasteiger partial charge is 0.381 e. The Kier molecular flexibility index (Phi) is 5.66. The Hall–Kier alpha value is -1.74. The number of nitrogens with zero attached hydrogens (tertiary/aromatic N) is 4. The molecule has 0 radical (unpaired) electrons. The molecule has 1 spiro atoms. The molecular formula is C23H32N4O3S. The maximum Gasteiger partial charge on any atom is 0.212 e. The molecule has 2 aromatic rings. The van der Waals surface area contributed by atoms with Crippen molar-refractivity contribution < 1.29 is 13.2 Å². The Labute approximate surface area is 185 Å². The average molecular weight is 445 g/mol. The Morgan fingerprint density at radius 1 is 1.06 bits per heavy atom. The molecule has 0 N–H and O–H groups in total. The number of rotatable bonds is 4. The van der Waals surface area contributed by atoms with Crippen molar-refractivity contribution in [2.45, 2.75) is 37.8 Å². The van der Waals surface area contributed by atoms with Gasteiger partial charge in [-0.1, -0.05) is 30.3 Å². The molecule has 0 saturated carbocycles. The summed E-state index contributed by atoms with van der Waals surface area (Å²) in [6, 6.07) is 10.3. The van der Waals surface area contributed by atoms with Crippen molar-refractivity contribution in [3.05, 3.63) is 42.4 Å². The van der Waals surface area contributed by atoms with E-state index >= 15 is 0 Å². The fourth-order valence-corrected chi connectivity index (χ4v) is 7.00. The molecule has 0 atom stereocenters. The summed E-state index contributed by atoms with van der Waals surface area (Å²) < 4.78 is 35.1. The maximum absolute atomic E-state index is 12.8. The highest BCUT2D eigenvalue weighted by Gasteiger charge is 2.50. The summed E-state index contributed by atoms with van der Waals surface area (Å²) in [7, 11) is -3.33. The second-order valence-electron chi connectivity index (χ2n) is 9.21. The predicted octanol–water partition coefficient (Wildman–Crippen LogP) is 2.54. The Morgan fingerprint density at radius 3 is 2.45 bits per heavy atom. The van der Waals surface area contributed by atoms with Gasteiger partial charge in [-0.3, -0.25) is 0 Å². The number of benzene rings is 1. The van der Waals surface area contributed by atoms with E-state index in [1.165, 1.54) is 6.26 Å². The number of hydrogen-bond acceptors (Lipinski definition) is 5. The van der Waals surface area contributed by atoms with Gasteiger partial charge in [-0.25, -0.2) is 13.4 Å². The molecule has 4 heterocycles. The highest BCUT2D eigenvalue weighted by Crippen LogP contribution is 2.43. The van der Waals surface area contributed by atoms with Crippen molar-refractivity contribution in [2.24, 2.45) is 5.92 Å². The van der Waals surface area contributed by atoms with Crippen molar-refractivity contribution in [3.63, 3.8) is 0 Å². The summed E-state index contributed by atoms with van der Waals surface area (Å²) in [5.41, 5.74) is 1.65. The van der Waals surface area contributed by atoms with Gasteiger partial charge in [-0.05, 0) is 37.2 Å². The van der Waals surface area contributed by atoms with E-state index in [-0.39, 0.29) is 0 Å². The van der Waals surface area contributed by atoms with E-state index in [9.17, 15) is 8.42 Å². The molecule has 2 fully saturated rings. The van der Waals surface area contributed by atoms with Crippen LogP contribution in [0.1, 0.15) is 31.5 Å². The molecule has 31 heavy (non-hydrogen) atoms. The van der Waals surface area contributed by atoms with E-state index in [1.807, 2.05) is 24.4 Å². The van der Waals surface area contributed by atoms with Gasteiger partial charge in [-0.2, -0.15) is 4.31 Å². The van der Waals surface area contributed by atoms with Crippen LogP contribution in [0.25, 0.3) is 11.3 Å². The zero-order chi connectivity index (χ0) is 21.5. The summed E-state index contributed by atoms with van der Waals surface area (Å²) in [6.07, 6.45) is 7.10. The number of sulfonamides is 1. The minimum absolute atomic E-state index is 0.502. The SMILES string of the molecule is CS(=O)(=O)N1CCn2c(-c3ccccc3)cnc2C12CCN(CC1CCOCC1)CC2. The number of ether oxygens (including phenoxy) is 1. The quantitative estimate of drug-likeness (QED) is 0.725. The van der Waals surface area contributed by atoms with Crippen molar-refractivity contribution in [3.8, 4) is 11.3 Å². The fourth-order valence-electron chi connectivity index (χ4n) is 5.69. The van der Waals surface area contributed by atoms with E-state index in [2.05, 4.69) is 21.6 Å². The number of piperidine rings is 1. The number of hydrogen-bond donors (Lipinski definition) is 0. The molecule has 168 valence electrons. The number of aromatic nitrogens is 2. The normalized spacial score (nSPS) is 23.1. The fraction of sp³-hybridized carbons (Fsp3) is 0.609. The van der Waals surface area contributed by atoms with Gasteiger partial charge in [0.2, 0.25) is 10.0 Å². The van der Waals surface area contributed by atoms with Gasteiger partial charge < -0.3 is 14.2 Å². The van der Waals surface area contributed by atoms with Crippen molar-refractivity contribution in [1.29, 1.82) is 0 Å². The Morgan fingerprint density at radius 2 is 1.77 bits per heavy atom. The molecule has 8 heteroatoms. The van der Waals surface area contributed by atoms with Crippen molar-refractivity contribution >= 4 is 10.0 Å². The third-order valence-electron chi connectivity index (χ3n) is 7.29. The molecule has 1 aromatic heterocycles. The van der Waals surface area contributed by atoms with Crippen LogP contribution in [-0.2, 0) is 26.8 Å². The van der Waals surface area contributed by atoms with Gasteiger partial charge in [0.1, 0.15) is 5.82 Å². The first-order chi connectivity index (χ1) is 15.0. The summed E-state index contributed by atoms with van der Waals surface area (Å²) in [4.78, 5) is 7.35. The topological polar surface area (TPSA) is 67.7 Å². The molecule has 1 aromatic carbocycles. The summed E-state index contributed by atoms with van der Waals surface area (Å²) in [6.45, 7) is 5.76. The van der Waals surface area contributed by atoms with Gasteiger partial charge in [0.25, 0.3) is 0 Å². The molecule has 0 aliphatic carbocycles. The molecule has 0 unspecified atom stereocenters. The first-order valence-electron chi connectivity index (χ1n) is 11.4. The average Bonchev–Trinajstić information content (AvgIpc) is 3.21. The van der Waals surface area contributed by atoms with Gasteiger partial charge >= 0.3 is 0 Å². The summed E-state index contributed by atoms with van der Waals surface area (Å²) in [5.74, 6) is 1.60. The van der Waals surface area contributed by atoms with Gasteiger partial charge in [-0.15, -0.1) is 0 Å². The maximum atomic E-state index is 12.8. The number of fused-ring (bicyclic) bond motifs is 2. The highest BCUT2D eigenvalue weighted by molar-refractivity contribution is 7.88. The predicted molar refractivity (Wildman–Crippen MR) is 120 cm³/mol. The second-order valence-corrected chi connectivity index (χ2v) is 11.1. The van der Waals surface area contributed by atoms with Crippen LogP contribution < -0.4 is 0 Å². The molecule has 5 rings (SSSR count). The lowest BCUT2D eigenvalue weighted by Gasteiger charge is -2.50. The standard InChI is InChI=1S/C23H32N4O3S/c1-31(28,29)27-14-13-26-21(20-5-3-2-4-6-20)17-24-22(26)23(27)9-11-25(12-10-23)18-19-7-15-30-16-8-19/h2-6,17,19H,7-16,18H2,1H3. The lowest BCUT2D eigenvalue weighted by atomic mass is 9.84. The van der Waals surface area contributed by atoms with E-state index in [4.69, 9.17) is 9.72 Å². The minimum Gasteiger partial charge on any atom is -0.381 e. The van der Waals surface area contributed by atoms with Gasteiger partial charge in [0, 0.05) is 45.9 Å². The summed E-state index contributed by atoms with van der Waals surface area (Å²) in [5, 5.41) is 0. The van der Waals surface area contributed by atoms with Crippen molar-refractivity contribution in [2.75, 3.05) is 45.6 Å². The highest BCUT2D eigenvalue weighted by atomic mass is 32.2. The van der Waals surface area contributed by atoms with Crippen LogP contribution in [0.5, 0.6) is 0 Å². The number of imidazole rings is 1. The van der Waals surface area contributed by atoms with Crippen LogP contribution in [0.2, 0.25) is 0 Å². The molecule has 3 aliphatic heterocycles. The lowest BCUT2D eigenvalue weighted by molar-refractivity contribution is 0.0206. The summed E-state index contributed by atoms with van der Waals surface area (Å²) >= 11 is 0. The van der Waals surface area contributed by atoms with Crippen LogP contribution in [0.4, 0.5) is 0 Å². The molecule has 2 saturated heterocycles. The molecular weight excluding hydrogens is 412 g/mol. The van der Waals surface area contributed by atoms with Crippen LogP contribution >= 0.6 is 0 Å². The molecule has 0 bridgehead atoms. The zero-order valence-corrected chi connectivity index (χ0v) is 19.1.